The molecule has 20 heavy (non-hydrogen) atoms. The van der Waals surface area contributed by atoms with Gasteiger partial charge in [0.15, 0.2) is 5.82 Å². The molecule has 0 saturated heterocycles. The second-order valence-electron chi connectivity index (χ2n) is 4.25. The topological polar surface area (TPSA) is 30.7 Å². The van der Waals surface area contributed by atoms with Crippen LogP contribution >= 0.6 is 31.9 Å². The van der Waals surface area contributed by atoms with Gasteiger partial charge in [0.05, 0.1) is 5.33 Å². The molecule has 100 valence electrons. The fraction of sp³-hybridized carbons (Fsp3) is 0.0667. The van der Waals surface area contributed by atoms with Crippen LogP contribution in [0.4, 0.5) is 0 Å². The van der Waals surface area contributed by atoms with Crippen molar-refractivity contribution in [2.75, 3.05) is 0 Å². The molecule has 0 bridgehead atoms. The van der Waals surface area contributed by atoms with Gasteiger partial charge < -0.3 is 0 Å². The second-order valence-corrected chi connectivity index (χ2v) is 5.73. The van der Waals surface area contributed by atoms with E-state index in [2.05, 4.69) is 58.8 Å². The quantitative estimate of drug-likeness (QED) is 0.610. The number of para-hydroxylation sites is 1. The molecule has 0 aliphatic carbocycles. The number of alkyl halides is 1. The van der Waals surface area contributed by atoms with Crippen LogP contribution < -0.4 is 0 Å². The Morgan fingerprint density at radius 1 is 0.900 bits per heavy atom. The molecule has 0 spiro atoms. The van der Waals surface area contributed by atoms with E-state index in [0.717, 1.165) is 27.4 Å². The van der Waals surface area contributed by atoms with Crippen molar-refractivity contribution in [3.8, 4) is 17.1 Å². The van der Waals surface area contributed by atoms with Crippen molar-refractivity contribution in [2.45, 2.75) is 5.33 Å². The maximum Gasteiger partial charge on any atom is 0.168 e. The lowest BCUT2D eigenvalue weighted by molar-refractivity contribution is 0.962. The third-order valence-electron chi connectivity index (χ3n) is 2.97. The van der Waals surface area contributed by atoms with Gasteiger partial charge in [0, 0.05) is 15.7 Å². The van der Waals surface area contributed by atoms with Crippen LogP contribution in [0.1, 0.15) is 5.82 Å². The summed E-state index contributed by atoms with van der Waals surface area (Å²) in [6, 6.07) is 18.2. The van der Waals surface area contributed by atoms with Crippen molar-refractivity contribution >= 4 is 31.9 Å². The van der Waals surface area contributed by atoms with Crippen LogP contribution in [0.3, 0.4) is 0 Å². The number of halogens is 2. The number of hydrogen-bond donors (Lipinski definition) is 0. The predicted octanol–water partition coefficient (Wildman–Crippen LogP) is 4.59. The molecule has 3 aromatic rings. The number of benzene rings is 2. The SMILES string of the molecule is BrCc1nnc(-c2ccc(Br)cc2)n1-c1ccccc1. The molecule has 2 aromatic carbocycles. The summed E-state index contributed by atoms with van der Waals surface area (Å²) in [5.74, 6) is 1.73. The molecule has 0 fully saturated rings. The predicted molar refractivity (Wildman–Crippen MR) is 87.1 cm³/mol. The summed E-state index contributed by atoms with van der Waals surface area (Å²) in [5.41, 5.74) is 2.10. The minimum Gasteiger partial charge on any atom is -0.278 e. The number of rotatable bonds is 3. The summed E-state index contributed by atoms with van der Waals surface area (Å²) >= 11 is 6.92. The average molecular weight is 393 g/mol. The Morgan fingerprint density at radius 3 is 2.25 bits per heavy atom. The van der Waals surface area contributed by atoms with E-state index in [-0.39, 0.29) is 0 Å². The highest BCUT2D eigenvalue weighted by molar-refractivity contribution is 9.10. The highest BCUT2D eigenvalue weighted by atomic mass is 79.9. The van der Waals surface area contributed by atoms with E-state index in [0.29, 0.717) is 5.33 Å². The van der Waals surface area contributed by atoms with Gasteiger partial charge in [-0.05, 0) is 24.3 Å². The van der Waals surface area contributed by atoms with Crippen LogP contribution in [-0.4, -0.2) is 14.8 Å². The summed E-state index contributed by atoms with van der Waals surface area (Å²) in [7, 11) is 0. The molecule has 5 heteroatoms. The van der Waals surface area contributed by atoms with Gasteiger partial charge in [-0.2, -0.15) is 0 Å². The monoisotopic (exact) mass is 391 g/mol. The van der Waals surface area contributed by atoms with Crippen molar-refractivity contribution in [2.24, 2.45) is 0 Å². The Balaban J connectivity index is 2.17. The first-order valence-corrected chi connectivity index (χ1v) is 8.02. The van der Waals surface area contributed by atoms with Gasteiger partial charge in [0.25, 0.3) is 0 Å². The number of hydrogen-bond acceptors (Lipinski definition) is 2. The van der Waals surface area contributed by atoms with Gasteiger partial charge in [0.2, 0.25) is 0 Å². The van der Waals surface area contributed by atoms with Crippen LogP contribution in [0.25, 0.3) is 17.1 Å². The zero-order chi connectivity index (χ0) is 13.9. The Morgan fingerprint density at radius 2 is 1.60 bits per heavy atom. The van der Waals surface area contributed by atoms with E-state index >= 15 is 0 Å². The van der Waals surface area contributed by atoms with Crippen molar-refractivity contribution in [1.29, 1.82) is 0 Å². The zero-order valence-electron chi connectivity index (χ0n) is 10.5. The minimum absolute atomic E-state index is 0.658. The molecule has 1 heterocycles. The van der Waals surface area contributed by atoms with Crippen LogP contribution in [0.2, 0.25) is 0 Å². The summed E-state index contributed by atoms with van der Waals surface area (Å²) in [4.78, 5) is 0. The lowest BCUT2D eigenvalue weighted by Gasteiger charge is -2.09. The summed E-state index contributed by atoms with van der Waals surface area (Å²) in [6.45, 7) is 0. The smallest absolute Gasteiger partial charge is 0.168 e. The molecule has 3 nitrogen and oxygen atoms in total. The molecule has 1 aromatic heterocycles. The van der Waals surface area contributed by atoms with Gasteiger partial charge in [0.1, 0.15) is 5.82 Å². The Hall–Kier alpha value is -1.46. The summed E-state index contributed by atoms with van der Waals surface area (Å²) in [5, 5.41) is 9.25. The third kappa shape index (κ3) is 2.55. The molecule has 0 atom stereocenters. The van der Waals surface area contributed by atoms with Crippen LogP contribution in [0.5, 0.6) is 0 Å². The summed E-state index contributed by atoms with van der Waals surface area (Å²) in [6.07, 6.45) is 0. The van der Waals surface area contributed by atoms with E-state index in [4.69, 9.17) is 0 Å². The van der Waals surface area contributed by atoms with E-state index in [9.17, 15) is 0 Å². The second kappa shape index (κ2) is 5.89. The van der Waals surface area contributed by atoms with Crippen LogP contribution in [0.15, 0.2) is 59.1 Å². The molecular formula is C15H11Br2N3. The van der Waals surface area contributed by atoms with Crippen molar-refractivity contribution < 1.29 is 0 Å². The average Bonchev–Trinajstić information content (AvgIpc) is 2.93. The molecule has 0 aliphatic rings. The summed E-state index contributed by atoms with van der Waals surface area (Å²) < 4.78 is 3.12. The Labute approximate surface area is 133 Å². The largest absolute Gasteiger partial charge is 0.278 e. The maximum atomic E-state index is 4.33. The van der Waals surface area contributed by atoms with E-state index < -0.39 is 0 Å². The van der Waals surface area contributed by atoms with Gasteiger partial charge in [-0.25, -0.2) is 0 Å². The van der Waals surface area contributed by atoms with E-state index in [1.54, 1.807) is 0 Å². The maximum absolute atomic E-state index is 4.33. The minimum atomic E-state index is 0.658. The van der Waals surface area contributed by atoms with Crippen molar-refractivity contribution in [3.63, 3.8) is 0 Å². The lowest BCUT2D eigenvalue weighted by atomic mass is 10.2. The standard InChI is InChI=1S/C15H11Br2N3/c16-10-14-18-19-15(11-6-8-12(17)9-7-11)20(14)13-4-2-1-3-5-13/h1-9H,10H2. The first-order valence-electron chi connectivity index (χ1n) is 6.11. The zero-order valence-corrected chi connectivity index (χ0v) is 13.7. The molecule has 0 saturated carbocycles. The number of aromatic nitrogens is 3. The molecule has 0 unspecified atom stereocenters. The molecule has 0 amide bonds. The van der Waals surface area contributed by atoms with Gasteiger partial charge in [-0.3, -0.25) is 4.57 Å². The van der Waals surface area contributed by atoms with Gasteiger partial charge in [-0.15, -0.1) is 10.2 Å². The highest BCUT2D eigenvalue weighted by Crippen LogP contribution is 2.25. The first kappa shape index (κ1) is 13.5. The Bertz CT molecular complexity index is 706. The van der Waals surface area contributed by atoms with E-state index in [1.807, 2.05) is 42.5 Å². The molecule has 3 rings (SSSR count). The van der Waals surface area contributed by atoms with Crippen molar-refractivity contribution in [3.05, 3.63) is 64.9 Å². The third-order valence-corrected chi connectivity index (χ3v) is 4.00. The molecule has 0 aliphatic heterocycles. The molecular weight excluding hydrogens is 382 g/mol. The van der Waals surface area contributed by atoms with Gasteiger partial charge >= 0.3 is 0 Å². The van der Waals surface area contributed by atoms with Gasteiger partial charge in [-0.1, -0.05) is 62.2 Å². The number of nitrogens with zero attached hydrogens (tertiary/aromatic N) is 3. The van der Waals surface area contributed by atoms with Crippen molar-refractivity contribution in [1.82, 2.24) is 14.8 Å². The molecule has 0 radical (unpaired) electrons. The highest BCUT2D eigenvalue weighted by Gasteiger charge is 2.14. The Kier molecular flexibility index (Phi) is 3.98. The fourth-order valence-electron chi connectivity index (χ4n) is 2.04. The van der Waals surface area contributed by atoms with Crippen LogP contribution in [0, 0.1) is 0 Å². The first-order chi connectivity index (χ1) is 9.79. The lowest BCUT2D eigenvalue weighted by Crippen LogP contribution is -2.01. The van der Waals surface area contributed by atoms with E-state index in [1.165, 1.54) is 0 Å². The fourth-order valence-corrected chi connectivity index (χ4v) is 2.66. The molecule has 0 N–H and O–H groups in total. The normalized spacial score (nSPS) is 10.7. The van der Waals surface area contributed by atoms with Crippen LogP contribution in [-0.2, 0) is 5.33 Å².